The lowest BCUT2D eigenvalue weighted by Crippen LogP contribution is -2.23. The van der Waals surface area contributed by atoms with Crippen molar-refractivity contribution in [2.75, 3.05) is 18.1 Å². The Hall–Kier alpha value is -1.26. The molecule has 0 radical (unpaired) electrons. The van der Waals surface area contributed by atoms with Crippen LogP contribution in [0, 0.1) is 0 Å². The van der Waals surface area contributed by atoms with Crippen LogP contribution in [0.1, 0.15) is 50.3 Å². The zero-order chi connectivity index (χ0) is 16.4. The summed E-state index contributed by atoms with van der Waals surface area (Å²) in [6.07, 6.45) is 2.71. The number of rotatable bonds is 11. The monoisotopic (exact) mass is 321 g/mol. The number of thioether (sulfide) groups is 1. The Bertz CT molecular complexity index is 470. The van der Waals surface area contributed by atoms with Crippen molar-refractivity contribution in [3.8, 4) is 0 Å². The lowest BCUT2D eigenvalue weighted by Gasteiger charge is -2.14. The van der Waals surface area contributed by atoms with Crippen molar-refractivity contribution in [2.45, 2.75) is 39.2 Å². The first-order valence-electron chi connectivity index (χ1n) is 7.86. The zero-order valence-corrected chi connectivity index (χ0v) is 14.5. The molecule has 1 unspecified atom stereocenters. The number of allylic oxidation sites excluding steroid dienone is 1. The maximum absolute atomic E-state index is 11.4. The number of amides is 1. The highest BCUT2D eigenvalue weighted by molar-refractivity contribution is 7.99. The molecule has 0 aliphatic carbocycles. The lowest BCUT2D eigenvalue weighted by molar-refractivity contribution is -0.129. The highest BCUT2D eigenvalue weighted by Gasteiger charge is 2.17. The van der Waals surface area contributed by atoms with Gasteiger partial charge in [-0.1, -0.05) is 37.8 Å². The van der Waals surface area contributed by atoms with E-state index in [1.807, 2.05) is 43.0 Å². The molecule has 0 aliphatic heterocycles. The molecule has 1 atom stereocenters. The van der Waals surface area contributed by atoms with Gasteiger partial charge in [0, 0.05) is 6.61 Å². The van der Waals surface area contributed by atoms with E-state index in [0.29, 0.717) is 6.61 Å². The Morgan fingerprint density at radius 1 is 1.27 bits per heavy atom. The van der Waals surface area contributed by atoms with Gasteiger partial charge in [-0.3, -0.25) is 4.79 Å². The third-order valence-electron chi connectivity index (χ3n) is 3.33. The van der Waals surface area contributed by atoms with Crippen LogP contribution in [0.4, 0.5) is 0 Å². The fraction of sp³-hybridized carbons (Fsp3) is 0.500. The quantitative estimate of drug-likeness (QED) is 0.622. The molecule has 0 spiro atoms. The predicted octanol–water partition coefficient (Wildman–Crippen LogP) is 4.19. The van der Waals surface area contributed by atoms with Gasteiger partial charge in [-0.2, -0.15) is 11.8 Å². The number of carbonyl (C=O) groups excluding carboxylic acids is 1. The second-order valence-corrected chi connectivity index (χ2v) is 6.40. The first-order valence-corrected chi connectivity index (χ1v) is 9.02. The molecule has 1 aromatic rings. The van der Waals surface area contributed by atoms with Crippen LogP contribution in [0.3, 0.4) is 0 Å². The Morgan fingerprint density at radius 2 is 1.95 bits per heavy atom. The maximum atomic E-state index is 11.4. The summed E-state index contributed by atoms with van der Waals surface area (Å²) in [5.74, 6) is 1.95. The third-order valence-corrected chi connectivity index (χ3v) is 4.60. The summed E-state index contributed by atoms with van der Waals surface area (Å²) in [6.45, 7) is 8.67. The Labute approximate surface area is 138 Å². The van der Waals surface area contributed by atoms with Gasteiger partial charge in [-0.05, 0) is 54.4 Å². The fourth-order valence-electron chi connectivity index (χ4n) is 2.18. The van der Waals surface area contributed by atoms with Gasteiger partial charge < -0.3 is 10.5 Å². The summed E-state index contributed by atoms with van der Waals surface area (Å²) in [5, 5.41) is 0. The lowest BCUT2D eigenvalue weighted by atomic mass is 10.00. The molecular weight excluding hydrogens is 294 g/mol. The Morgan fingerprint density at radius 3 is 2.50 bits per heavy atom. The van der Waals surface area contributed by atoms with E-state index in [2.05, 4.69) is 13.5 Å². The average Bonchev–Trinajstić information content (AvgIpc) is 2.52. The van der Waals surface area contributed by atoms with E-state index in [1.54, 1.807) is 0 Å². The van der Waals surface area contributed by atoms with Gasteiger partial charge in [-0.15, -0.1) is 0 Å². The minimum atomic E-state index is -0.669. The van der Waals surface area contributed by atoms with E-state index >= 15 is 0 Å². The Kier molecular flexibility index (Phi) is 8.94. The molecule has 0 fully saturated rings. The minimum absolute atomic E-state index is 0.456. The van der Waals surface area contributed by atoms with Crippen LogP contribution in [0.25, 0.3) is 5.57 Å². The van der Waals surface area contributed by atoms with Crippen molar-refractivity contribution >= 4 is 23.2 Å². The molecule has 4 heteroatoms. The smallest absolute Gasteiger partial charge is 0.251 e. The maximum Gasteiger partial charge on any atom is 0.251 e. The van der Waals surface area contributed by atoms with E-state index in [1.165, 1.54) is 17.9 Å². The number of primary amides is 1. The van der Waals surface area contributed by atoms with Crippen molar-refractivity contribution in [3.63, 3.8) is 0 Å². The molecule has 22 heavy (non-hydrogen) atoms. The summed E-state index contributed by atoms with van der Waals surface area (Å²) in [6, 6.07) is 7.78. The van der Waals surface area contributed by atoms with Gasteiger partial charge >= 0.3 is 0 Å². The molecule has 2 N–H and O–H groups in total. The molecule has 0 bridgehead atoms. The third kappa shape index (κ3) is 6.24. The van der Waals surface area contributed by atoms with Crippen molar-refractivity contribution in [1.29, 1.82) is 0 Å². The molecule has 1 rings (SSSR count). The number of ether oxygens (including phenoxy) is 1. The Balaban J connectivity index is 2.56. The van der Waals surface area contributed by atoms with Gasteiger partial charge in [0.25, 0.3) is 5.91 Å². The van der Waals surface area contributed by atoms with Gasteiger partial charge in [-0.25, -0.2) is 0 Å². The van der Waals surface area contributed by atoms with E-state index in [-0.39, 0.29) is 0 Å². The van der Waals surface area contributed by atoms with Crippen LogP contribution >= 0.6 is 11.8 Å². The molecule has 0 aromatic heterocycles. The molecule has 0 saturated heterocycles. The van der Waals surface area contributed by atoms with Crippen molar-refractivity contribution in [3.05, 3.63) is 42.0 Å². The van der Waals surface area contributed by atoms with E-state index in [0.717, 1.165) is 29.5 Å². The topological polar surface area (TPSA) is 52.3 Å². The van der Waals surface area contributed by atoms with Crippen LogP contribution in [0.15, 0.2) is 30.8 Å². The average molecular weight is 321 g/mol. The number of benzene rings is 1. The summed E-state index contributed by atoms with van der Waals surface area (Å²) in [7, 11) is 0. The number of nitrogens with two attached hydrogens (primary N) is 1. The minimum Gasteiger partial charge on any atom is -0.367 e. The number of carbonyl (C=O) groups is 1. The summed E-state index contributed by atoms with van der Waals surface area (Å²) < 4.78 is 5.39. The van der Waals surface area contributed by atoms with E-state index < -0.39 is 12.0 Å². The largest absolute Gasteiger partial charge is 0.367 e. The van der Waals surface area contributed by atoms with Crippen molar-refractivity contribution < 1.29 is 9.53 Å². The van der Waals surface area contributed by atoms with Gasteiger partial charge in [0.15, 0.2) is 6.10 Å². The number of hydrogen-bond acceptors (Lipinski definition) is 3. The standard InChI is InChI=1S/C18H27NO2S/c1-4-12-22-13-6-7-14(3)15-8-10-16(11-9-15)17(18(19)20)21-5-2/h8-11,17H,3-7,12-13H2,1-2H3,(H2,19,20). The van der Waals surface area contributed by atoms with Crippen LogP contribution in [0.2, 0.25) is 0 Å². The molecule has 122 valence electrons. The highest BCUT2D eigenvalue weighted by Crippen LogP contribution is 2.23. The normalized spacial score (nSPS) is 12.1. The summed E-state index contributed by atoms with van der Waals surface area (Å²) >= 11 is 2.00. The summed E-state index contributed by atoms with van der Waals surface area (Å²) in [5.41, 5.74) is 8.42. The second-order valence-electron chi connectivity index (χ2n) is 5.18. The van der Waals surface area contributed by atoms with Gasteiger partial charge in [0.05, 0.1) is 0 Å². The molecule has 1 amide bonds. The molecule has 0 saturated carbocycles. The first kappa shape index (κ1) is 18.8. The van der Waals surface area contributed by atoms with Gasteiger partial charge in [0.1, 0.15) is 0 Å². The van der Waals surface area contributed by atoms with Gasteiger partial charge in [0.2, 0.25) is 0 Å². The zero-order valence-electron chi connectivity index (χ0n) is 13.6. The molecule has 0 aliphatic rings. The first-order chi connectivity index (χ1) is 10.6. The molecule has 0 heterocycles. The van der Waals surface area contributed by atoms with Crippen LogP contribution in [-0.4, -0.2) is 24.0 Å². The van der Waals surface area contributed by atoms with Crippen LogP contribution in [0.5, 0.6) is 0 Å². The highest BCUT2D eigenvalue weighted by atomic mass is 32.2. The van der Waals surface area contributed by atoms with Crippen LogP contribution < -0.4 is 5.73 Å². The second kappa shape index (κ2) is 10.5. The molecule has 1 aromatic carbocycles. The number of hydrogen-bond donors (Lipinski definition) is 1. The SMILES string of the molecule is C=C(CCCSCCC)c1ccc(C(OCC)C(N)=O)cc1. The molecular formula is C18H27NO2S. The van der Waals surface area contributed by atoms with Crippen molar-refractivity contribution in [1.82, 2.24) is 0 Å². The van der Waals surface area contributed by atoms with Crippen LogP contribution in [-0.2, 0) is 9.53 Å². The van der Waals surface area contributed by atoms with E-state index in [9.17, 15) is 4.79 Å². The van der Waals surface area contributed by atoms with E-state index in [4.69, 9.17) is 10.5 Å². The predicted molar refractivity (Wildman–Crippen MR) is 95.9 cm³/mol. The van der Waals surface area contributed by atoms with Crippen molar-refractivity contribution in [2.24, 2.45) is 5.73 Å². The molecule has 3 nitrogen and oxygen atoms in total. The summed E-state index contributed by atoms with van der Waals surface area (Å²) in [4.78, 5) is 11.4. The fourth-order valence-corrected chi connectivity index (χ4v) is 3.02.